The lowest BCUT2D eigenvalue weighted by Gasteiger charge is -2.34. The first-order valence-corrected chi connectivity index (χ1v) is 13.3. The summed E-state index contributed by atoms with van der Waals surface area (Å²) >= 11 is 0. The molecule has 0 aliphatic rings. The zero-order valence-electron chi connectivity index (χ0n) is 23.3. The first kappa shape index (κ1) is 31.3. The molecule has 204 valence electrons. The van der Waals surface area contributed by atoms with Gasteiger partial charge in [-0.05, 0) is 53.0 Å². The highest BCUT2D eigenvalue weighted by atomic mass is 16.6. The summed E-state index contributed by atoms with van der Waals surface area (Å²) in [5.74, 6) is -0.770. The van der Waals surface area contributed by atoms with E-state index in [4.69, 9.17) is 4.74 Å². The van der Waals surface area contributed by atoms with Crippen LogP contribution in [0.1, 0.15) is 104 Å². The number of carbonyl (C=O) groups excluding carboxylic acids is 3. The molecule has 2 atom stereocenters. The van der Waals surface area contributed by atoms with Crippen molar-refractivity contribution in [3.63, 3.8) is 0 Å². The number of alkyl carbamates (subject to hydrolysis) is 1. The number of ether oxygens (including phenoxy) is 1. The Hall–Kier alpha value is -2.77. The van der Waals surface area contributed by atoms with Gasteiger partial charge in [-0.2, -0.15) is 0 Å². The fraction of sp³-hybridized carbons (Fsp3) is 0.679. The van der Waals surface area contributed by atoms with Gasteiger partial charge in [0.25, 0.3) is 0 Å². The van der Waals surface area contributed by atoms with Crippen molar-refractivity contribution in [1.82, 2.24) is 15.5 Å². The van der Waals surface area contributed by atoms with Gasteiger partial charge in [0, 0.05) is 18.7 Å². The summed E-state index contributed by atoms with van der Waals surface area (Å²) in [5, 5.41) is 16.4. The maximum absolute atomic E-state index is 13.7. The summed E-state index contributed by atoms with van der Waals surface area (Å²) in [7, 11) is 0. The number of unbranched alkanes of at least 4 members (excludes halogenated alkanes) is 5. The SMILES string of the molecule is CCCCCCCN(C(=O)C(C)NC(=O)OC(C)(C)C)C(C(=O)NCCCC)c1cccc(C)c1O. The van der Waals surface area contributed by atoms with Gasteiger partial charge in [-0.15, -0.1) is 0 Å². The Kier molecular flexibility index (Phi) is 13.3. The van der Waals surface area contributed by atoms with Crippen molar-refractivity contribution in [2.24, 2.45) is 0 Å². The van der Waals surface area contributed by atoms with E-state index in [2.05, 4.69) is 17.6 Å². The Morgan fingerprint density at radius 2 is 1.67 bits per heavy atom. The Balaban J connectivity index is 3.33. The third kappa shape index (κ3) is 10.5. The smallest absolute Gasteiger partial charge is 0.408 e. The number of hydrogen-bond acceptors (Lipinski definition) is 5. The Labute approximate surface area is 217 Å². The second-order valence-electron chi connectivity index (χ2n) is 10.4. The van der Waals surface area contributed by atoms with Crippen LogP contribution in [0.4, 0.5) is 4.79 Å². The van der Waals surface area contributed by atoms with Crippen molar-refractivity contribution < 1.29 is 24.2 Å². The third-order valence-corrected chi connectivity index (χ3v) is 5.84. The van der Waals surface area contributed by atoms with Crippen LogP contribution in [0.15, 0.2) is 18.2 Å². The summed E-state index contributed by atoms with van der Waals surface area (Å²) in [6.45, 7) is 13.6. The molecule has 0 fully saturated rings. The zero-order valence-corrected chi connectivity index (χ0v) is 23.3. The fourth-order valence-corrected chi connectivity index (χ4v) is 3.89. The van der Waals surface area contributed by atoms with E-state index < -0.39 is 29.7 Å². The number of carbonyl (C=O) groups is 3. The molecule has 0 radical (unpaired) electrons. The molecule has 0 saturated heterocycles. The molecule has 3 N–H and O–H groups in total. The first-order chi connectivity index (χ1) is 16.9. The van der Waals surface area contributed by atoms with Gasteiger partial charge >= 0.3 is 6.09 Å². The van der Waals surface area contributed by atoms with Crippen LogP contribution in [0.2, 0.25) is 0 Å². The summed E-state index contributed by atoms with van der Waals surface area (Å²) in [6.07, 6.45) is 5.87. The number of nitrogens with one attached hydrogen (secondary N) is 2. The van der Waals surface area contributed by atoms with Crippen LogP contribution in [-0.2, 0) is 14.3 Å². The molecule has 0 aromatic heterocycles. The Bertz CT molecular complexity index is 850. The average Bonchev–Trinajstić information content (AvgIpc) is 2.79. The van der Waals surface area contributed by atoms with Gasteiger partial charge < -0.3 is 25.4 Å². The van der Waals surface area contributed by atoms with Gasteiger partial charge in [-0.25, -0.2) is 4.79 Å². The number of hydrogen-bond donors (Lipinski definition) is 3. The Morgan fingerprint density at radius 1 is 1.03 bits per heavy atom. The highest BCUT2D eigenvalue weighted by Gasteiger charge is 2.36. The molecule has 0 aliphatic heterocycles. The molecular formula is C28H47N3O5. The lowest BCUT2D eigenvalue weighted by Crippen LogP contribution is -2.52. The second kappa shape index (κ2) is 15.4. The van der Waals surface area contributed by atoms with E-state index in [9.17, 15) is 19.5 Å². The van der Waals surface area contributed by atoms with E-state index in [1.807, 2.05) is 6.92 Å². The minimum absolute atomic E-state index is 0.00956. The highest BCUT2D eigenvalue weighted by Crippen LogP contribution is 2.32. The van der Waals surface area contributed by atoms with Crippen LogP contribution in [0, 0.1) is 6.92 Å². The standard InChI is InChI=1S/C28H47N3O5/c1-8-10-12-13-14-19-31(26(34)21(4)30-27(35)36-28(5,6)7)23(25(33)29-18-11-9-2)22-17-15-16-20(3)24(22)32/h15-17,21,23,32H,8-14,18-19H2,1-7H3,(H,29,33)(H,30,35). The number of amides is 3. The van der Waals surface area contributed by atoms with Gasteiger partial charge in [-0.3, -0.25) is 9.59 Å². The number of phenols is 1. The minimum Gasteiger partial charge on any atom is -0.507 e. The van der Waals surface area contributed by atoms with E-state index in [-0.39, 0.29) is 11.7 Å². The average molecular weight is 506 g/mol. The second-order valence-corrected chi connectivity index (χ2v) is 10.4. The normalized spacial score (nSPS) is 13.0. The van der Waals surface area contributed by atoms with Crippen LogP contribution in [-0.4, -0.2) is 52.6 Å². The van der Waals surface area contributed by atoms with E-state index in [1.165, 1.54) is 4.90 Å². The van der Waals surface area contributed by atoms with Crippen LogP contribution < -0.4 is 10.6 Å². The molecule has 8 heteroatoms. The van der Waals surface area contributed by atoms with Gasteiger partial charge in [0.2, 0.25) is 11.8 Å². The van der Waals surface area contributed by atoms with Gasteiger partial charge in [0.05, 0.1) is 0 Å². The maximum Gasteiger partial charge on any atom is 0.408 e. The van der Waals surface area contributed by atoms with Gasteiger partial charge in [0.1, 0.15) is 23.4 Å². The fourth-order valence-electron chi connectivity index (χ4n) is 3.89. The van der Waals surface area contributed by atoms with Crippen molar-refractivity contribution in [1.29, 1.82) is 0 Å². The topological polar surface area (TPSA) is 108 Å². The lowest BCUT2D eigenvalue weighted by molar-refractivity contribution is -0.142. The zero-order chi connectivity index (χ0) is 27.3. The van der Waals surface area contributed by atoms with Gasteiger partial charge in [0.15, 0.2) is 0 Å². The van der Waals surface area contributed by atoms with E-state index in [1.54, 1.807) is 52.8 Å². The van der Waals surface area contributed by atoms with Crippen LogP contribution >= 0.6 is 0 Å². The van der Waals surface area contributed by atoms with Crippen molar-refractivity contribution in [3.05, 3.63) is 29.3 Å². The third-order valence-electron chi connectivity index (χ3n) is 5.84. The van der Waals surface area contributed by atoms with E-state index in [0.717, 1.165) is 38.5 Å². The molecule has 0 heterocycles. The lowest BCUT2D eigenvalue weighted by atomic mass is 9.98. The largest absolute Gasteiger partial charge is 0.507 e. The monoisotopic (exact) mass is 505 g/mol. The number of phenolic OH excluding ortho intramolecular Hbond substituents is 1. The van der Waals surface area contributed by atoms with Crippen molar-refractivity contribution in [3.8, 4) is 5.75 Å². The Morgan fingerprint density at radius 3 is 2.28 bits per heavy atom. The van der Waals surface area contributed by atoms with Crippen molar-refractivity contribution >= 4 is 17.9 Å². The molecule has 1 rings (SSSR count). The molecule has 0 saturated carbocycles. The van der Waals surface area contributed by atoms with E-state index >= 15 is 0 Å². The summed E-state index contributed by atoms with van der Waals surface area (Å²) in [6, 6.07) is 3.25. The molecule has 1 aromatic rings. The van der Waals surface area contributed by atoms with Crippen molar-refractivity contribution in [2.45, 2.75) is 111 Å². The highest BCUT2D eigenvalue weighted by molar-refractivity contribution is 5.92. The molecule has 8 nitrogen and oxygen atoms in total. The number of aromatic hydroxyl groups is 1. The minimum atomic E-state index is -1.02. The maximum atomic E-state index is 13.7. The number of para-hydroxylation sites is 1. The predicted molar refractivity (Wildman–Crippen MR) is 143 cm³/mol. The molecule has 0 spiro atoms. The molecular weight excluding hydrogens is 458 g/mol. The quantitative estimate of drug-likeness (QED) is 0.295. The summed E-state index contributed by atoms with van der Waals surface area (Å²) in [4.78, 5) is 41.0. The molecule has 36 heavy (non-hydrogen) atoms. The number of rotatable bonds is 14. The van der Waals surface area contributed by atoms with Crippen LogP contribution in [0.3, 0.4) is 0 Å². The van der Waals surface area contributed by atoms with Crippen LogP contribution in [0.25, 0.3) is 0 Å². The van der Waals surface area contributed by atoms with Gasteiger partial charge in [-0.1, -0.05) is 64.2 Å². The summed E-state index contributed by atoms with van der Waals surface area (Å²) in [5.41, 5.74) is 0.283. The molecule has 0 aliphatic carbocycles. The molecule has 2 unspecified atom stereocenters. The molecule has 3 amide bonds. The van der Waals surface area contributed by atoms with Crippen LogP contribution in [0.5, 0.6) is 5.75 Å². The first-order valence-electron chi connectivity index (χ1n) is 13.3. The number of aryl methyl sites for hydroxylation is 1. The summed E-state index contributed by atoms with van der Waals surface area (Å²) < 4.78 is 5.32. The van der Waals surface area contributed by atoms with E-state index in [0.29, 0.717) is 30.6 Å². The predicted octanol–water partition coefficient (Wildman–Crippen LogP) is 5.37. The molecule has 0 bridgehead atoms. The number of nitrogens with zero attached hydrogens (tertiary/aromatic N) is 1. The molecule has 1 aromatic carbocycles. The van der Waals surface area contributed by atoms with Crippen molar-refractivity contribution in [2.75, 3.05) is 13.1 Å². The number of benzene rings is 1.